The van der Waals surface area contributed by atoms with E-state index < -0.39 is 0 Å². The molecule has 3 heterocycles. The van der Waals surface area contributed by atoms with E-state index in [2.05, 4.69) is 63.1 Å². The summed E-state index contributed by atoms with van der Waals surface area (Å²) in [6.45, 7) is 6.21. The molecule has 3 aromatic rings. The highest BCUT2D eigenvalue weighted by atomic mass is 16.2. The van der Waals surface area contributed by atoms with E-state index in [0.29, 0.717) is 0 Å². The molecule has 1 aromatic carbocycles. The van der Waals surface area contributed by atoms with Gasteiger partial charge in [-0.15, -0.1) is 0 Å². The molecule has 1 fully saturated rings. The number of hydrogen-bond donors (Lipinski definition) is 0. The number of rotatable bonds is 7. The number of aromatic nitrogens is 2. The lowest BCUT2D eigenvalue weighted by Gasteiger charge is -2.24. The molecule has 0 radical (unpaired) electrons. The number of hydrogen-bond acceptors (Lipinski definition) is 4. The van der Waals surface area contributed by atoms with E-state index in [4.69, 9.17) is 0 Å². The molecule has 2 aromatic heterocycles. The van der Waals surface area contributed by atoms with Crippen molar-refractivity contribution >= 4 is 5.91 Å². The van der Waals surface area contributed by atoms with Gasteiger partial charge in [-0.2, -0.15) is 0 Å². The molecule has 0 aliphatic carbocycles. The van der Waals surface area contributed by atoms with Gasteiger partial charge in [-0.1, -0.05) is 43.3 Å². The lowest BCUT2D eigenvalue weighted by molar-refractivity contribution is -0.134. The summed E-state index contributed by atoms with van der Waals surface area (Å²) >= 11 is 0. The molecule has 0 saturated carbocycles. The van der Waals surface area contributed by atoms with Crippen molar-refractivity contribution < 1.29 is 4.79 Å². The van der Waals surface area contributed by atoms with Gasteiger partial charge in [-0.25, -0.2) is 0 Å². The summed E-state index contributed by atoms with van der Waals surface area (Å²) in [6.07, 6.45) is 9.12. The van der Waals surface area contributed by atoms with Crippen molar-refractivity contribution in [2.24, 2.45) is 5.92 Å². The van der Waals surface area contributed by atoms with Gasteiger partial charge >= 0.3 is 0 Å². The summed E-state index contributed by atoms with van der Waals surface area (Å²) in [7, 11) is 0. The molecular formula is C26H30N4O. The Kier molecular flexibility index (Phi) is 7.05. The first-order valence-corrected chi connectivity index (χ1v) is 11.1. The lowest BCUT2D eigenvalue weighted by atomic mass is 9.91. The van der Waals surface area contributed by atoms with Crippen molar-refractivity contribution in [1.82, 2.24) is 19.8 Å². The maximum absolute atomic E-state index is 13.5. The SMILES string of the molecule is CCCN1CCN(Cc2cccnc2)CC(Cc2ccccc2-c2cccnc2)C1=O. The van der Waals surface area contributed by atoms with E-state index in [9.17, 15) is 4.79 Å². The first kappa shape index (κ1) is 21.2. The topological polar surface area (TPSA) is 49.3 Å². The Morgan fingerprint density at radius 1 is 0.968 bits per heavy atom. The van der Waals surface area contributed by atoms with Gasteiger partial charge in [0.1, 0.15) is 0 Å². The predicted octanol–water partition coefficient (Wildman–Crippen LogP) is 4.06. The Balaban J connectivity index is 1.59. The summed E-state index contributed by atoms with van der Waals surface area (Å²) in [5, 5.41) is 0. The second-order valence-corrected chi connectivity index (χ2v) is 8.22. The van der Waals surface area contributed by atoms with Gasteiger partial charge < -0.3 is 4.90 Å². The molecule has 0 spiro atoms. The lowest BCUT2D eigenvalue weighted by Crippen LogP contribution is -2.37. The van der Waals surface area contributed by atoms with Gasteiger partial charge in [-0.3, -0.25) is 19.7 Å². The van der Waals surface area contributed by atoms with Gasteiger partial charge in [-0.05, 0) is 41.7 Å². The quantitative estimate of drug-likeness (QED) is 0.585. The molecule has 1 saturated heterocycles. The smallest absolute Gasteiger partial charge is 0.227 e. The van der Waals surface area contributed by atoms with Crippen LogP contribution in [-0.2, 0) is 17.8 Å². The van der Waals surface area contributed by atoms with Crippen molar-refractivity contribution in [3.8, 4) is 11.1 Å². The number of carbonyl (C=O) groups excluding carboxylic acids is 1. The van der Waals surface area contributed by atoms with Crippen LogP contribution in [0, 0.1) is 5.92 Å². The third-order valence-corrected chi connectivity index (χ3v) is 5.90. The number of benzene rings is 1. The maximum atomic E-state index is 13.5. The van der Waals surface area contributed by atoms with Crippen molar-refractivity contribution in [3.63, 3.8) is 0 Å². The summed E-state index contributed by atoms with van der Waals surface area (Å²) in [6, 6.07) is 16.5. The molecule has 1 aliphatic rings. The fraction of sp³-hybridized carbons (Fsp3) is 0.346. The van der Waals surface area contributed by atoms with Crippen LogP contribution in [0.3, 0.4) is 0 Å². The molecule has 31 heavy (non-hydrogen) atoms. The van der Waals surface area contributed by atoms with Crippen LogP contribution in [0.4, 0.5) is 0 Å². The maximum Gasteiger partial charge on any atom is 0.227 e. The summed E-state index contributed by atoms with van der Waals surface area (Å²) in [5.41, 5.74) is 4.65. The van der Waals surface area contributed by atoms with Crippen LogP contribution in [0.25, 0.3) is 11.1 Å². The average molecular weight is 415 g/mol. The summed E-state index contributed by atoms with van der Waals surface area (Å²) in [4.78, 5) is 26.5. The molecular weight excluding hydrogens is 384 g/mol. The van der Waals surface area contributed by atoms with Gasteiger partial charge in [0.05, 0.1) is 5.92 Å². The normalized spacial score (nSPS) is 17.5. The van der Waals surface area contributed by atoms with Crippen LogP contribution in [0.5, 0.6) is 0 Å². The fourth-order valence-electron chi connectivity index (χ4n) is 4.42. The van der Waals surface area contributed by atoms with E-state index in [1.54, 1.807) is 12.4 Å². The Bertz CT molecular complexity index is 977. The summed E-state index contributed by atoms with van der Waals surface area (Å²) in [5.74, 6) is 0.208. The first-order chi connectivity index (χ1) is 15.2. The molecule has 4 rings (SSSR count). The van der Waals surface area contributed by atoms with E-state index in [1.165, 1.54) is 11.1 Å². The fourth-order valence-corrected chi connectivity index (χ4v) is 4.42. The minimum atomic E-state index is -0.0662. The Morgan fingerprint density at radius 3 is 2.52 bits per heavy atom. The third-order valence-electron chi connectivity index (χ3n) is 5.90. The number of pyridine rings is 2. The molecule has 1 unspecified atom stereocenters. The van der Waals surface area contributed by atoms with E-state index in [1.807, 2.05) is 24.5 Å². The highest BCUT2D eigenvalue weighted by Gasteiger charge is 2.30. The van der Waals surface area contributed by atoms with Crippen molar-refractivity contribution in [3.05, 3.63) is 84.4 Å². The highest BCUT2D eigenvalue weighted by Crippen LogP contribution is 2.27. The first-order valence-electron chi connectivity index (χ1n) is 11.1. The van der Waals surface area contributed by atoms with Crippen LogP contribution in [0.15, 0.2) is 73.3 Å². The molecule has 1 amide bonds. The molecule has 1 aliphatic heterocycles. The average Bonchev–Trinajstić information content (AvgIpc) is 2.95. The van der Waals surface area contributed by atoms with Crippen LogP contribution < -0.4 is 0 Å². The van der Waals surface area contributed by atoms with Crippen molar-refractivity contribution in [2.45, 2.75) is 26.3 Å². The van der Waals surface area contributed by atoms with Crippen molar-refractivity contribution in [1.29, 1.82) is 0 Å². The zero-order valence-electron chi connectivity index (χ0n) is 18.2. The molecule has 160 valence electrons. The summed E-state index contributed by atoms with van der Waals surface area (Å²) < 4.78 is 0. The van der Waals surface area contributed by atoms with E-state index in [-0.39, 0.29) is 11.8 Å². The molecule has 5 heteroatoms. The number of amides is 1. The number of nitrogens with zero attached hydrogens (tertiary/aromatic N) is 4. The van der Waals surface area contributed by atoms with Crippen LogP contribution in [-0.4, -0.2) is 51.9 Å². The minimum Gasteiger partial charge on any atom is -0.341 e. The van der Waals surface area contributed by atoms with Gasteiger partial charge in [0.2, 0.25) is 5.91 Å². The molecule has 0 N–H and O–H groups in total. The largest absolute Gasteiger partial charge is 0.341 e. The van der Waals surface area contributed by atoms with E-state index >= 15 is 0 Å². The second-order valence-electron chi connectivity index (χ2n) is 8.22. The molecule has 0 bridgehead atoms. The Hall–Kier alpha value is -3.05. The molecule has 1 atom stereocenters. The number of carbonyl (C=O) groups is 1. The van der Waals surface area contributed by atoms with Gasteiger partial charge in [0, 0.05) is 63.1 Å². The van der Waals surface area contributed by atoms with E-state index in [0.717, 1.165) is 56.7 Å². The predicted molar refractivity (Wildman–Crippen MR) is 123 cm³/mol. The minimum absolute atomic E-state index is 0.0662. The zero-order chi connectivity index (χ0) is 21.5. The standard InChI is InChI=1S/C26H30N4O/c1-2-13-30-15-14-29(19-21-7-5-11-27-17-21)20-24(26(30)31)16-22-8-3-4-10-25(22)23-9-6-12-28-18-23/h3-12,17-18,24H,2,13-16,19-20H2,1H3. The third kappa shape index (κ3) is 5.36. The monoisotopic (exact) mass is 414 g/mol. The molecule has 5 nitrogen and oxygen atoms in total. The Labute approximate surface area is 184 Å². The van der Waals surface area contributed by atoms with Gasteiger partial charge in [0.25, 0.3) is 0 Å². The highest BCUT2D eigenvalue weighted by molar-refractivity contribution is 5.80. The van der Waals surface area contributed by atoms with Crippen LogP contribution >= 0.6 is 0 Å². The second kappa shape index (κ2) is 10.3. The van der Waals surface area contributed by atoms with Gasteiger partial charge in [0.15, 0.2) is 0 Å². The van der Waals surface area contributed by atoms with Crippen LogP contribution in [0.2, 0.25) is 0 Å². The van der Waals surface area contributed by atoms with Crippen molar-refractivity contribution in [2.75, 3.05) is 26.2 Å². The zero-order valence-corrected chi connectivity index (χ0v) is 18.2. The van der Waals surface area contributed by atoms with Crippen LogP contribution in [0.1, 0.15) is 24.5 Å². The Morgan fingerprint density at radius 2 is 1.77 bits per heavy atom.